The fourth-order valence-corrected chi connectivity index (χ4v) is 10.5. The number of carbonyl (C=O) groups excluding carboxylic acids is 6. The maximum absolute atomic E-state index is 13.8. The molecule has 3 aliphatic rings. The first-order valence-electron chi connectivity index (χ1n) is 22.7. The van der Waals surface area contributed by atoms with E-state index in [2.05, 4.69) is 71.2 Å². The number of ether oxygens (including phenoxy) is 2. The molecule has 6 amide bonds. The van der Waals surface area contributed by atoms with Crippen molar-refractivity contribution < 1.29 is 38.2 Å². The molecular weight excluding hydrogens is 871 g/mol. The summed E-state index contributed by atoms with van der Waals surface area (Å²) in [6.45, 7) is 15.0. The number of alkyl carbamates (subject to hydrolysis) is 2. The Bertz CT molecular complexity index is 2050. The Hall–Kier alpha value is -5.30. The van der Waals surface area contributed by atoms with Gasteiger partial charge in [-0.15, -0.1) is 22.7 Å². The van der Waals surface area contributed by atoms with Crippen molar-refractivity contribution in [3.63, 3.8) is 0 Å². The predicted molar refractivity (Wildman–Crippen MR) is 251 cm³/mol. The molecule has 19 heteroatoms. The van der Waals surface area contributed by atoms with Gasteiger partial charge in [-0.1, -0.05) is 73.4 Å². The van der Waals surface area contributed by atoms with Crippen LogP contribution >= 0.6 is 22.7 Å². The standard InChI is InChI=1S/C46H65N9O8S2/c1-10-26(3)36(49-44(60)62-8)40(58)53-22-12-14-34(53)38(56)51-42-47-30(24-64-42)32-20-21-33(55(32)29-18-16-28(17-19-29)46(5,6)7)31-25-65-43(48-31)52-39(57)35-15-13-23-54(35)41(59)37(27(4)11-2)50-45(61)63-9/h16-19,24-27,32-37H,10-15,20-23H2,1-9H3,(H,49,60)(H,50,61)(H,47,51,56)(H,48,52,57)/t26-,27-,32+,33+,34-,35-,36-,37-/m0/s1. The summed E-state index contributed by atoms with van der Waals surface area (Å²) >= 11 is 2.66. The fraction of sp³-hybridized carbons (Fsp3) is 0.609. The van der Waals surface area contributed by atoms with Crippen molar-refractivity contribution in [2.75, 3.05) is 42.8 Å². The van der Waals surface area contributed by atoms with Crippen molar-refractivity contribution in [1.29, 1.82) is 0 Å². The van der Waals surface area contributed by atoms with Crippen LogP contribution in [-0.2, 0) is 34.1 Å². The number of rotatable bonds is 15. The number of nitrogens with one attached hydrogen (secondary N) is 4. The van der Waals surface area contributed by atoms with Gasteiger partial charge < -0.3 is 45.4 Å². The molecule has 0 bridgehead atoms. The van der Waals surface area contributed by atoms with Crippen LogP contribution in [0, 0.1) is 11.8 Å². The van der Waals surface area contributed by atoms with E-state index in [1.807, 2.05) is 38.5 Å². The minimum absolute atomic E-state index is 0.0502. The highest BCUT2D eigenvalue weighted by Crippen LogP contribution is 2.48. The predicted octanol–water partition coefficient (Wildman–Crippen LogP) is 7.38. The first kappa shape index (κ1) is 49.1. The molecular formula is C46H65N9O8S2. The van der Waals surface area contributed by atoms with Gasteiger partial charge in [0.05, 0.1) is 37.7 Å². The van der Waals surface area contributed by atoms with Crippen LogP contribution in [0.5, 0.6) is 0 Å². The van der Waals surface area contributed by atoms with Crippen LogP contribution < -0.4 is 26.2 Å². The number of hydrogen-bond donors (Lipinski definition) is 4. The number of carbonyl (C=O) groups is 6. The summed E-state index contributed by atoms with van der Waals surface area (Å²) in [5.74, 6) is -1.62. The van der Waals surface area contributed by atoms with E-state index in [-0.39, 0.29) is 53.0 Å². The van der Waals surface area contributed by atoms with Crippen molar-refractivity contribution >= 4 is 74.4 Å². The monoisotopic (exact) mass is 935 g/mol. The number of aromatic nitrogens is 2. The molecule has 3 saturated heterocycles. The summed E-state index contributed by atoms with van der Waals surface area (Å²) < 4.78 is 9.58. The molecule has 3 aromatic rings. The van der Waals surface area contributed by atoms with Gasteiger partial charge in [-0.2, -0.15) is 0 Å². The second kappa shape index (κ2) is 21.3. The minimum atomic E-state index is -0.824. The average molecular weight is 936 g/mol. The molecule has 8 atom stereocenters. The quantitative estimate of drug-likeness (QED) is 0.118. The Morgan fingerprint density at radius 3 is 1.48 bits per heavy atom. The molecule has 3 aliphatic heterocycles. The fourth-order valence-electron chi connectivity index (χ4n) is 8.96. The third kappa shape index (κ3) is 11.2. The van der Waals surface area contributed by atoms with Crippen LogP contribution in [0.1, 0.15) is 129 Å². The number of benzene rings is 1. The molecule has 0 radical (unpaired) electrons. The van der Waals surface area contributed by atoms with Gasteiger partial charge in [0.1, 0.15) is 24.2 Å². The molecule has 0 saturated carbocycles. The lowest BCUT2D eigenvalue weighted by atomic mass is 9.87. The highest BCUT2D eigenvalue weighted by atomic mass is 32.1. The number of methoxy groups -OCH3 is 2. The number of thiazole rings is 2. The van der Waals surface area contributed by atoms with E-state index in [0.717, 1.165) is 29.9 Å². The summed E-state index contributed by atoms with van der Waals surface area (Å²) in [6.07, 6.45) is 3.68. The summed E-state index contributed by atoms with van der Waals surface area (Å²) in [5, 5.41) is 16.1. The Morgan fingerprint density at radius 2 is 1.11 bits per heavy atom. The van der Waals surface area contributed by atoms with Gasteiger partial charge in [0.25, 0.3) is 0 Å². The number of anilines is 3. The van der Waals surface area contributed by atoms with Crippen LogP contribution in [-0.4, -0.2) is 107 Å². The van der Waals surface area contributed by atoms with Gasteiger partial charge in [0.15, 0.2) is 10.3 Å². The van der Waals surface area contributed by atoms with Gasteiger partial charge in [0.2, 0.25) is 23.6 Å². The Kier molecular flexibility index (Phi) is 16.1. The zero-order chi connectivity index (χ0) is 47.2. The van der Waals surface area contributed by atoms with Crippen molar-refractivity contribution in [3.05, 3.63) is 52.0 Å². The molecule has 1 aromatic carbocycles. The largest absolute Gasteiger partial charge is 0.453 e. The summed E-state index contributed by atoms with van der Waals surface area (Å²) in [5.41, 5.74) is 3.70. The van der Waals surface area contributed by atoms with Gasteiger partial charge in [0, 0.05) is 29.5 Å². The number of amides is 6. The lowest BCUT2D eigenvalue weighted by Crippen LogP contribution is -2.54. The number of nitrogens with zero attached hydrogens (tertiary/aromatic N) is 5. The van der Waals surface area contributed by atoms with Crippen molar-refractivity contribution in [2.24, 2.45) is 11.8 Å². The molecule has 5 heterocycles. The van der Waals surface area contributed by atoms with Gasteiger partial charge >= 0.3 is 12.2 Å². The van der Waals surface area contributed by atoms with Crippen LogP contribution in [0.25, 0.3) is 0 Å². The smallest absolute Gasteiger partial charge is 0.407 e. The molecule has 0 aliphatic carbocycles. The van der Waals surface area contributed by atoms with Gasteiger partial charge in [-0.3, -0.25) is 19.2 Å². The van der Waals surface area contributed by atoms with E-state index >= 15 is 0 Å². The highest BCUT2D eigenvalue weighted by molar-refractivity contribution is 7.14. The summed E-state index contributed by atoms with van der Waals surface area (Å²) in [4.78, 5) is 94.9. The second-order valence-electron chi connectivity index (χ2n) is 18.3. The van der Waals surface area contributed by atoms with E-state index in [9.17, 15) is 28.8 Å². The zero-order valence-corrected chi connectivity index (χ0v) is 40.6. The number of likely N-dealkylation sites (tertiary alicyclic amines) is 2. The van der Waals surface area contributed by atoms with Gasteiger partial charge in [-0.05, 0) is 73.5 Å². The first-order valence-corrected chi connectivity index (χ1v) is 24.5. The van der Waals surface area contributed by atoms with Crippen molar-refractivity contribution in [1.82, 2.24) is 30.4 Å². The molecule has 0 unspecified atom stereocenters. The number of hydrogen-bond acceptors (Lipinski definition) is 13. The van der Waals surface area contributed by atoms with E-state index in [0.29, 0.717) is 61.9 Å². The highest BCUT2D eigenvalue weighted by Gasteiger charge is 2.43. The van der Waals surface area contributed by atoms with E-state index in [4.69, 9.17) is 19.4 Å². The van der Waals surface area contributed by atoms with E-state index in [1.54, 1.807) is 9.80 Å². The normalized spacial score (nSPS) is 21.6. The third-order valence-electron chi connectivity index (χ3n) is 13.2. The summed E-state index contributed by atoms with van der Waals surface area (Å²) in [6, 6.07) is 5.13. The van der Waals surface area contributed by atoms with E-state index in [1.165, 1.54) is 42.5 Å². The molecule has 6 rings (SSSR count). The minimum Gasteiger partial charge on any atom is -0.453 e. The Labute approximate surface area is 389 Å². The molecule has 3 fully saturated rings. The molecule has 2 aromatic heterocycles. The first-order chi connectivity index (χ1) is 31.0. The van der Waals surface area contributed by atoms with Crippen molar-refractivity contribution in [3.8, 4) is 0 Å². The van der Waals surface area contributed by atoms with Gasteiger partial charge in [-0.25, -0.2) is 19.6 Å². The lowest BCUT2D eigenvalue weighted by Gasteiger charge is -2.32. The van der Waals surface area contributed by atoms with Crippen LogP contribution in [0.15, 0.2) is 35.0 Å². The topological polar surface area (TPSA) is 204 Å². The SMILES string of the molecule is CC[C@H](C)[C@H](NC(=O)OC)C(=O)N1CCC[C@H]1C(=O)Nc1nc([C@H]2CC[C@H](c3csc(NC(=O)[C@@H]4CCCN4C(=O)[C@@H](NC(=O)OC)[C@@H](C)CC)n3)N2c2ccc(C(C)(C)C)cc2)cs1. The molecule has 65 heavy (non-hydrogen) atoms. The average Bonchev–Trinajstić information content (AvgIpc) is 4.16. The third-order valence-corrected chi connectivity index (χ3v) is 14.7. The summed E-state index contributed by atoms with van der Waals surface area (Å²) in [7, 11) is 2.51. The van der Waals surface area contributed by atoms with E-state index < -0.39 is 36.4 Å². The molecule has 0 spiro atoms. The lowest BCUT2D eigenvalue weighted by molar-refractivity contribution is -0.139. The molecule has 354 valence electrons. The maximum atomic E-state index is 13.8. The zero-order valence-electron chi connectivity index (χ0n) is 39.0. The maximum Gasteiger partial charge on any atom is 0.407 e. The molecule has 17 nitrogen and oxygen atoms in total. The van der Waals surface area contributed by atoms with Crippen LogP contribution in [0.3, 0.4) is 0 Å². The van der Waals surface area contributed by atoms with Crippen LogP contribution in [0.2, 0.25) is 0 Å². The Morgan fingerprint density at radius 1 is 0.692 bits per heavy atom. The Balaban J connectivity index is 1.19. The van der Waals surface area contributed by atoms with Crippen molar-refractivity contribution in [2.45, 2.75) is 141 Å². The second-order valence-corrected chi connectivity index (χ2v) is 20.0. The van der Waals surface area contributed by atoms with Crippen LogP contribution in [0.4, 0.5) is 25.5 Å². The molecule has 4 N–H and O–H groups in total.